The van der Waals surface area contributed by atoms with Gasteiger partial charge in [-0.05, 0) is 62.7 Å². The van der Waals surface area contributed by atoms with Crippen LogP contribution in [0, 0.1) is 29.5 Å². The fraction of sp³-hybridized carbons (Fsp3) is 0.400. The average molecular weight is 577 g/mol. The normalized spacial score (nSPS) is 29.0. The maximum atomic E-state index is 14.3. The summed E-state index contributed by atoms with van der Waals surface area (Å²) in [7, 11) is 6.69. The third-order valence-corrected chi connectivity index (χ3v) is 8.97. The number of primary amides is 1. The number of Topliss-reactive ketones (excluding diaryl/α,β-unsaturated/α-hetero) is 4. The molecule has 6 atom stereocenters. The Morgan fingerprint density at radius 2 is 1.83 bits per heavy atom. The second kappa shape index (κ2) is 9.36. The van der Waals surface area contributed by atoms with Gasteiger partial charge in [-0.1, -0.05) is 6.07 Å². The Bertz CT molecular complexity index is 1730. The van der Waals surface area contributed by atoms with Gasteiger partial charge in [-0.3, -0.25) is 28.9 Å². The Balaban J connectivity index is 1.53. The van der Waals surface area contributed by atoms with Gasteiger partial charge in [0.1, 0.15) is 11.3 Å². The molecule has 1 heterocycles. The lowest BCUT2D eigenvalue weighted by Crippen LogP contribution is -2.74. The van der Waals surface area contributed by atoms with Crippen molar-refractivity contribution in [1.29, 1.82) is 0 Å². The number of aromatic nitrogens is 1. The molecular formula is C30H29FN4O7. The van der Waals surface area contributed by atoms with Crippen LogP contribution in [0.1, 0.15) is 22.3 Å². The lowest BCUT2D eigenvalue weighted by atomic mass is 9.52. The van der Waals surface area contributed by atoms with Crippen molar-refractivity contribution in [2.24, 2.45) is 29.4 Å². The van der Waals surface area contributed by atoms with Gasteiger partial charge in [0.25, 0.3) is 0 Å². The summed E-state index contributed by atoms with van der Waals surface area (Å²) in [4.78, 5) is 75.1. The zero-order valence-corrected chi connectivity index (χ0v) is 23.4. The molecule has 2 saturated carbocycles. The molecule has 1 amide bonds. The molecule has 0 bridgehead atoms. The van der Waals surface area contributed by atoms with E-state index in [4.69, 9.17) is 10.2 Å². The minimum Gasteiger partial charge on any atom is -0.435 e. The van der Waals surface area contributed by atoms with Gasteiger partial charge in [0.2, 0.25) is 11.8 Å². The van der Waals surface area contributed by atoms with Crippen molar-refractivity contribution in [3.8, 4) is 11.5 Å². The number of benzene rings is 2. The second-order valence-electron chi connectivity index (χ2n) is 11.8. The fourth-order valence-corrected chi connectivity index (χ4v) is 7.18. The van der Waals surface area contributed by atoms with Crippen molar-refractivity contribution in [2.75, 3.05) is 33.1 Å². The van der Waals surface area contributed by atoms with Crippen molar-refractivity contribution in [2.45, 2.75) is 24.5 Å². The average Bonchev–Trinajstić information content (AvgIpc) is 3.34. The highest BCUT2D eigenvalue weighted by atomic mass is 19.1. The van der Waals surface area contributed by atoms with Gasteiger partial charge in [-0.2, -0.15) is 0 Å². The Labute approximate surface area is 239 Å². The predicted octanol–water partition coefficient (Wildman–Crippen LogP) is 1.17. The first-order chi connectivity index (χ1) is 19.8. The van der Waals surface area contributed by atoms with Crippen LogP contribution in [0.2, 0.25) is 0 Å². The minimum absolute atomic E-state index is 0.000250. The third-order valence-electron chi connectivity index (χ3n) is 8.97. The number of fused-ring (bicyclic) bond motifs is 5. The highest BCUT2D eigenvalue weighted by Gasteiger charge is 2.69. The van der Waals surface area contributed by atoms with Crippen LogP contribution in [0.4, 0.5) is 10.1 Å². The van der Waals surface area contributed by atoms with Gasteiger partial charge in [-0.15, -0.1) is 0 Å². The quantitative estimate of drug-likeness (QED) is 0.431. The molecule has 0 radical (unpaired) electrons. The predicted molar refractivity (Wildman–Crippen MR) is 147 cm³/mol. The van der Waals surface area contributed by atoms with Crippen molar-refractivity contribution in [1.82, 2.24) is 9.88 Å². The van der Waals surface area contributed by atoms with E-state index in [2.05, 4.69) is 4.98 Å². The molecule has 1 aromatic heterocycles. The number of nitrogens with two attached hydrogens (primary N) is 1. The van der Waals surface area contributed by atoms with E-state index < -0.39 is 70.2 Å². The van der Waals surface area contributed by atoms with E-state index in [-0.39, 0.29) is 29.9 Å². The van der Waals surface area contributed by atoms with Crippen LogP contribution in [0.5, 0.6) is 0 Å². The van der Waals surface area contributed by atoms with E-state index in [1.807, 2.05) is 0 Å². The largest absolute Gasteiger partial charge is 0.435 e. The van der Waals surface area contributed by atoms with Gasteiger partial charge in [0.05, 0.1) is 17.5 Å². The maximum Gasteiger partial charge on any atom is 0.235 e. The number of hydrogen-bond acceptors (Lipinski definition) is 10. The molecule has 2 fully saturated rings. The molecule has 3 aliphatic carbocycles. The molecule has 2 unspecified atom stereocenters. The zero-order chi connectivity index (χ0) is 30.4. The van der Waals surface area contributed by atoms with E-state index in [0.717, 1.165) is 0 Å². The molecule has 3 aromatic rings. The second-order valence-corrected chi connectivity index (χ2v) is 11.8. The number of aliphatic hydroxyl groups is 1. The monoisotopic (exact) mass is 576 g/mol. The first-order valence-corrected chi connectivity index (χ1v) is 13.5. The van der Waals surface area contributed by atoms with Crippen LogP contribution in [-0.2, 0) is 25.6 Å². The smallest absolute Gasteiger partial charge is 0.235 e. The lowest BCUT2D eigenvalue weighted by molar-refractivity contribution is -0.181. The first-order valence-electron chi connectivity index (χ1n) is 13.5. The standard InChI is InChI=1S/C30H29FN4O7/c1-34(2)18-11-17-25(42-29(33-17)12-6-5-7-14(31)8-12)20-15(18)9-13-10-16-22(35(3)4)24(37)21(28(32)40)27(39)30(16,41)26(38)19(13)23(20)36/h5-8,11,13,16,19,21-22,41H,9-10H2,1-4H3,(H2,32,40)/t13-,16-,19?,21?,22-,30-/m0/s1. The van der Waals surface area contributed by atoms with Crippen molar-refractivity contribution >= 4 is 45.8 Å². The Morgan fingerprint density at radius 1 is 1.12 bits per heavy atom. The van der Waals surface area contributed by atoms with E-state index in [1.54, 1.807) is 45.2 Å². The van der Waals surface area contributed by atoms with Gasteiger partial charge in [0.15, 0.2) is 40.2 Å². The van der Waals surface area contributed by atoms with E-state index >= 15 is 0 Å². The topological polar surface area (TPSA) is 164 Å². The number of likely N-dealkylation sites (N-methyl/N-ethyl adjacent to an activating group) is 1. The summed E-state index contributed by atoms with van der Waals surface area (Å²) in [6, 6.07) is 6.23. The number of carbonyl (C=O) groups is 5. The van der Waals surface area contributed by atoms with Crippen LogP contribution in [0.3, 0.4) is 0 Å². The summed E-state index contributed by atoms with van der Waals surface area (Å²) >= 11 is 0. The molecule has 2 aromatic carbocycles. The molecule has 3 N–H and O–H groups in total. The van der Waals surface area contributed by atoms with Crippen molar-refractivity contribution in [3.63, 3.8) is 0 Å². The molecule has 218 valence electrons. The van der Waals surface area contributed by atoms with Gasteiger partial charge >= 0.3 is 0 Å². The molecule has 3 aliphatic rings. The number of halogens is 1. The lowest BCUT2D eigenvalue weighted by Gasteiger charge is -2.52. The number of amides is 1. The summed E-state index contributed by atoms with van der Waals surface area (Å²) in [5.74, 6) is -10.7. The molecule has 0 aliphatic heterocycles. The number of nitrogens with zero attached hydrogens (tertiary/aromatic N) is 3. The van der Waals surface area contributed by atoms with E-state index in [0.29, 0.717) is 22.3 Å². The zero-order valence-electron chi connectivity index (χ0n) is 23.4. The number of carbonyl (C=O) groups excluding carboxylic acids is 5. The molecule has 6 rings (SSSR count). The highest BCUT2D eigenvalue weighted by Crippen LogP contribution is 2.51. The number of oxazole rings is 1. The minimum atomic E-state index is -2.76. The van der Waals surface area contributed by atoms with Crippen LogP contribution < -0.4 is 10.6 Å². The molecule has 11 nitrogen and oxygen atoms in total. The van der Waals surface area contributed by atoms with Crippen LogP contribution in [0.25, 0.3) is 22.6 Å². The molecule has 42 heavy (non-hydrogen) atoms. The Hall–Kier alpha value is -4.29. The van der Waals surface area contributed by atoms with Gasteiger partial charge < -0.3 is 20.2 Å². The molecular weight excluding hydrogens is 547 g/mol. The maximum absolute atomic E-state index is 14.3. The summed E-state index contributed by atoms with van der Waals surface area (Å²) in [5.41, 5.74) is 4.75. The number of ketones is 4. The first kappa shape index (κ1) is 27.9. The van der Waals surface area contributed by atoms with Crippen molar-refractivity contribution in [3.05, 3.63) is 47.3 Å². The molecule has 0 saturated heterocycles. The Kier molecular flexibility index (Phi) is 6.21. The Morgan fingerprint density at radius 3 is 2.45 bits per heavy atom. The molecule has 12 heteroatoms. The fourth-order valence-electron chi connectivity index (χ4n) is 7.18. The van der Waals surface area contributed by atoms with Crippen molar-refractivity contribution < 1.29 is 37.9 Å². The highest BCUT2D eigenvalue weighted by molar-refractivity contribution is 6.32. The van der Waals surface area contributed by atoms with Crippen LogP contribution in [0.15, 0.2) is 34.7 Å². The third kappa shape index (κ3) is 3.71. The van der Waals surface area contributed by atoms with Crippen LogP contribution in [-0.4, -0.2) is 83.9 Å². The van der Waals surface area contributed by atoms with Gasteiger partial charge in [0, 0.05) is 31.3 Å². The summed E-state index contributed by atoms with van der Waals surface area (Å²) in [6.45, 7) is 0. The SMILES string of the molecule is CN(C)c1cc2nc(-c3cccc(F)c3)oc2c2c1C[C@H]1C[C@H]3[C@H](N(C)C)C(=O)C(C(N)=O)C(=O)[C@@]3(O)C(=O)C1C2=O. The van der Waals surface area contributed by atoms with Gasteiger partial charge in [-0.25, -0.2) is 9.37 Å². The van der Waals surface area contributed by atoms with Crippen LogP contribution >= 0.6 is 0 Å². The summed E-state index contributed by atoms with van der Waals surface area (Å²) in [5, 5.41) is 11.8. The summed E-state index contributed by atoms with van der Waals surface area (Å²) < 4.78 is 20.0. The number of hydrogen-bond donors (Lipinski definition) is 2. The van der Waals surface area contributed by atoms with E-state index in [1.165, 1.54) is 23.1 Å². The number of rotatable bonds is 4. The summed E-state index contributed by atoms with van der Waals surface area (Å²) in [6.07, 6.45) is 0.213. The molecule has 0 spiro atoms. The van der Waals surface area contributed by atoms with E-state index in [9.17, 15) is 33.5 Å². The number of anilines is 1.